The maximum atomic E-state index is 2.45. The van der Waals surface area contributed by atoms with Crippen molar-refractivity contribution in [3.05, 3.63) is 229 Å². The van der Waals surface area contributed by atoms with Crippen molar-refractivity contribution in [2.75, 3.05) is 4.90 Å². The molecule has 0 unspecified atom stereocenters. The van der Waals surface area contributed by atoms with E-state index in [0.717, 1.165) is 22.7 Å². The van der Waals surface area contributed by atoms with Gasteiger partial charge >= 0.3 is 0 Å². The normalized spacial score (nSPS) is 13.0. The van der Waals surface area contributed by atoms with Crippen LogP contribution in [0.2, 0.25) is 0 Å². The predicted octanol–water partition coefficient (Wildman–Crippen LogP) is 17.2. The Balaban J connectivity index is 1.01. The van der Waals surface area contributed by atoms with Gasteiger partial charge in [-0.2, -0.15) is 0 Å². The van der Waals surface area contributed by atoms with Crippen LogP contribution in [0.25, 0.3) is 72.0 Å². The molecule has 1 aliphatic rings. The molecule has 0 saturated heterocycles. The van der Waals surface area contributed by atoms with Crippen LogP contribution in [-0.4, -0.2) is 4.57 Å². The van der Waals surface area contributed by atoms with Gasteiger partial charge in [-0.25, -0.2) is 0 Å². The SMILES string of the molecule is Cc1cc(N(c2ccc(-c3ccccc3)cc2)c2ccc3c(c2)C(C)(C)c2cccc(-c4ccc(-n5c6ccccc6c6ccccc65)cc4)c2-3)ccc1-c1ccccc1C(C)(C)C. The summed E-state index contributed by atoms with van der Waals surface area (Å²) in [7, 11) is 0. The monoisotopic (exact) mass is 824 g/mol. The van der Waals surface area contributed by atoms with Crippen molar-refractivity contribution in [2.45, 2.75) is 52.4 Å². The second-order valence-electron chi connectivity index (χ2n) is 19.0. The molecule has 0 amide bonds. The molecule has 1 aromatic heterocycles. The Bertz CT molecular complexity index is 3320. The third kappa shape index (κ3) is 6.47. The molecule has 0 radical (unpaired) electrons. The second kappa shape index (κ2) is 15.1. The minimum atomic E-state index is -0.209. The number of anilines is 3. The first-order valence-corrected chi connectivity index (χ1v) is 22.6. The quantitative estimate of drug-likeness (QED) is 0.155. The van der Waals surface area contributed by atoms with Gasteiger partial charge in [-0.1, -0.05) is 180 Å². The smallest absolute Gasteiger partial charge is 0.0541 e. The summed E-state index contributed by atoms with van der Waals surface area (Å²) in [6, 6.07) is 76.2. The fourth-order valence-electron chi connectivity index (χ4n) is 10.5. The fraction of sp³-hybridized carbons (Fsp3) is 0.129. The van der Waals surface area contributed by atoms with Crippen LogP contribution in [0, 0.1) is 6.92 Å². The first-order chi connectivity index (χ1) is 31.1. The van der Waals surface area contributed by atoms with Gasteiger partial charge in [0.15, 0.2) is 0 Å². The maximum absolute atomic E-state index is 2.45. The summed E-state index contributed by atoms with van der Waals surface area (Å²) in [5.74, 6) is 0. The molecular weight excluding hydrogens is 773 g/mol. The number of hydrogen-bond acceptors (Lipinski definition) is 1. The molecule has 0 N–H and O–H groups in total. The number of hydrogen-bond donors (Lipinski definition) is 0. The van der Waals surface area contributed by atoms with Gasteiger partial charge in [-0.3, -0.25) is 0 Å². The van der Waals surface area contributed by atoms with Crippen molar-refractivity contribution in [1.82, 2.24) is 4.57 Å². The van der Waals surface area contributed by atoms with Crippen LogP contribution in [0.4, 0.5) is 17.1 Å². The average molecular weight is 825 g/mol. The molecule has 0 aliphatic heterocycles. The highest BCUT2D eigenvalue weighted by Crippen LogP contribution is 2.54. The predicted molar refractivity (Wildman–Crippen MR) is 273 cm³/mol. The molecule has 0 bridgehead atoms. The van der Waals surface area contributed by atoms with Crippen LogP contribution in [0.1, 0.15) is 56.9 Å². The molecular formula is C62H52N2. The number of aryl methyl sites for hydroxylation is 1. The highest BCUT2D eigenvalue weighted by Gasteiger charge is 2.37. The Labute approximate surface area is 377 Å². The molecule has 0 fully saturated rings. The van der Waals surface area contributed by atoms with Crippen LogP contribution < -0.4 is 4.90 Å². The van der Waals surface area contributed by atoms with Gasteiger partial charge < -0.3 is 9.47 Å². The zero-order valence-corrected chi connectivity index (χ0v) is 37.5. The molecule has 1 heterocycles. The standard InChI is InChI=1S/C62H52N2/c1-41-39-47(35-37-49(41)51-19-10-13-23-55(51)61(2,3)4)63(45-31-27-43(28-32-45)42-17-8-7-9-18-42)48-36-38-54-57(40-48)62(5,6)56-24-16-22-50(60(54)56)44-29-33-46(34-30-44)64-58-25-14-11-20-52(58)53-21-12-15-26-59(53)64/h7-40H,1-6H3. The number of nitrogens with zero attached hydrogens (tertiary/aromatic N) is 2. The van der Waals surface area contributed by atoms with Gasteiger partial charge in [-0.05, 0) is 140 Å². The van der Waals surface area contributed by atoms with E-state index in [9.17, 15) is 0 Å². The summed E-state index contributed by atoms with van der Waals surface area (Å²) >= 11 is 0. The lowest BCUT2D eigenvalue weighted by atomic mass is 9.81. The Morgan fingerprint density at radius 3 is 1.64 bits per heavy atom. The van der Waals surface area contributed by atoms with E-state index in [-0.39, 0.29) is 10.8 Å². The third-order valence-electron chi connectivity index (χ3n) is 13.7. The van der Waals surface area contributed by atoms with Crippen molar-refractivity contribution in [3.63, 3.8) is 0 Å². The highest BCUT2D eigenvalue weighted by molar-refractivity contribution is 6.09. The lowest BCUT2D eigenvalue weighted by Crippen LogP contribution is -2.16. The minimum Gasteiger partial charge on any atom is -0.310 e. The summed E-state index contributed by atoms with van der Waals surface area (Å²) in [5.41, 5.74) is 22.3. The van der Waals surface area contributed by atoms with E-state index in [1.54, 1.807) is 0 Å². The van der Waals surface area contributed by atoms with E-state index in [2.05, 4.69) is 257 Å². The average Bonchev–Trinajstić information content (AvgIpc) is 3.77. The Hall–Kier alpha value is -7.42. The Morgan fingerprint density at radius 2 is 0.969 bits per heavy atom. The lowest BCUT2D eigenvalue weighted by Gasteiger charge is -2.29. The van der Waals surface area contributed by atoms with Gasteiger partial charge in [0.05, 0.1) is 11.0 Å². The molecule has 2 heteroatoms. The van der Waals surface area contributed by atoms with E-state index in [0.29, 0.717) is 0 Å². The van der Waals surface area contributed by atoms with Gasteiger partial charge in [0.25, 0.3) is 0 Å². The van der Waals surface area contributed by atoms with Gasteiger partial charge in [0.2, 0.25) is 0 Å². The van der Waals surface area contributed by atoms with Crippen LogP contribution >= 0.6 is 0 Å². The summed E-state index contributed by atoms with van der Waals surface area (Å²) in [4.78, 5) is 2.44. The molecule has 64 heavy (non-hydrogen) atoms. The lowest BCUT2D eigenvalue weighted by molar-refractivity contribution is 0.592. The number of rotatable bonds is 7. The van der Waals surface area contributed by atoms with Gasteiger partial charge in [0, 0.05) is 38.9 Å². The number of aromatic nitrogens is 1. The van der Waals surface area contributed by atoms with Crippen LogP contribution in [-0.2, 0) is 10.8 Å². The van der Waals surface area contributed by atoms with E-state index in [4.69, 9.17) is 0 Å². The topological polar surface area (TPSA) is 8.17 Å². The minimum absolute atomic E-state index is 0.0276. The zero-order chi connectivity index (χ0) is 43.7. The molecule has 11 rings (SSSR count). The van der Waals surface area contributed by atoms with Crippen LogP contribution in [0.3, 0.4) is 0 Å². The second-order valence-corrected chi connectivity index (χ2v) is 19.0. The van der Waals surface area contributed by atoms with Crippen molar-refractivity contribution in [1.29, 1.82) is 0 Å². The maximum Gasteiger partial charge on any atom is 0.0541 e. The first kappa shape index (κ1) is 39.4. The summed E-state index contributed by atoms with van der Waals surface area (Å²) in [6.07, 6.45) is 0. The number of fused-ring (bicyclic) bond motifs is 6. The van der Waals surface area contributed by atoms with E-state index in [1.165, 1.54) is 88.6 Å². The highest BCUT2D eigenvalue weighted by atomic mass is 15.1. The van der Waals surface area contributed by atoms with E-state index >= 15 is 0 Å². The molecule has 1 aliphatic carbocycles. The van der Waals surface area contributed by atoms with Crippen molar-refractivity contribution in [3.8, 4) is 50.2 Å². The van der Waals surface area contributed by atoms with Crippen LogP contribution in [0.5, 0.6) is 0 Å². The van der Waals surface area contributed by atoms with Crippen molar-refractivity contribution in [2.24, 2.45) is 0 Å². The summed E-state index contributed by atoms with van der Waals surface area (Å²) in [6.45, 7) is 13.9. The molecule has 0 spiro atoms. The van der Waals surface area contributed by atoms with E-state index < -0.39 is 0 Å². The Morgan fingerprint density at radius 1 is 0.422 bits per heavy atom. The van der Waals surface area contributed by atoms with Crippen molar-refractivity contribution >= 4 is 38.9 Å². The number of benzene rings is 9. The van der Waals surface area contributed by atoms with Gasteiger partial charge in [0.1, 0.15) is 0 Å². The third-order valence-corrected chi connectivity index (χ3v) is 13.7. The molecule has 2 nitrogen and oxygen atoms in total. The van der Waals surface area contributed by atoms with Crippen molar-refractivity contribution < 1.29 is 0 Å². The summed E-state index contributed by atoms with van der Waals surface area (Å²) in [5, 5.41) is 2.55. The summed E-state index contributed by atoms with van der Waals surface area (Å²) < 4.78 is 2.39. The molecule has 0 atom stereocenters. The first-order valence-electron chi connectivity index (χ1n) is 22.6. The zero-order valence-electron chi connectivity index (χ0n) is 37.5. The van der Waals surface area contributed by atoms with Crippen LogP contribution in [0.15, 0.2) is 206 Å². The van der Waals surface area contributed by atoms with E-state index in [1.807, 2.05) is 0 Å². The fourth-order valence-corrected chi connectivity index (χ4v) is 10.5. The van der Waals surface area contributed by atoms with Gasteiger partial charge in [-0.15, -0.1) is 0 Å². The largest absolute Gasteiger partial charge is 0.310 e. The molecule has 10 aromatic rings. The molecule has 0 saturated carbocycles. The molecule has 310 valence electrons. The number of para-hydroxylation sites is 2. The Kier molecular flexibility index (Phi) is 9.33. The molecule has 9 aromatic carbocycles.